The summed E-state index contributed by atoms with van der Waals surface area (Å²) in [5.41, 5.74) is 1.22. The number of ether oxygens (including phenoxy) is 1. The lowest BCUT2D eigenvalue weighted by Crippen LogP contribution is -2.41. The van der Waals surface area contributed by atoms with Crippen LogP contribution >= 0.6 is 0 Å². The van der Waals surface area contributed by atoms with Gasteiger partial charge in [0.15, 0.2) is 5.96 Å². The van der Waals surface area contributed by atoms with Crippen molar-refractivity contribution in [3.05, 3.63) is 23.9 Å². The van der Waals surface area contributed by atoms with Gasteiger partial charge in [-0.25, -0.2) is 4.98 Å². The molecule has 156 valence electrons. The van der Waals surface area contributed by atoms with Crippen LogP contribution in [-0.2, 0) is 11.3 Å². The Morgan fingerprint density at radius 1 is 1.29 bits per heavy atom. The van der Waals surface area contributed by atoms with Crippen LogP contribution in [-0.4, -0.2) is 50.3 Å². The van der Waals surface area contributed by atoms with Gasteiger partial charge in [0.25, 0.3) is 0 Å². The second kappa shape index (κ2) is 11.2. The summed E-state index contributed by atoms with van der Waals surface area (Å²) in [5, 5.41) is 6.87. The maximum Gasteiger partial charge on any atom is 0.191 e. The lowest BCUT2D eigenvalue weighted by atomic mass is 10.0. The Morgan fingerprint density at radius 3 is 2.93 bits per heavy atom. The molecule has 1 unspecified atom stereocenters. The van der Waals surface area contributed by atoms with Crippen LogP contribution in [0.15, 0.2) is 23.3 Å². The second-order valence-electron chi connectivity index (χ2n) is 8.15. The molecule has 2 fully saturated rings. The zero-order chi connectivity index (χ0) is 19.6. The summed E-state index contributed by atoms with van der Waals surface area (Å²) in [7, 11) is 1.83. The topological polar surface area (TPSA) is 61.8 Å². The lowest BCUT2D eigenvalue weighted by molar-refractivity contribution is 0.0529. The SMILES string of the molecule is CN=C(NCCCCC1CCCC1)NCc1ccnc(N2CCOC(C)C2)c1. The first-order valence-electron chi connectivity index (χ1n) is 11.0. The molecule has 0 spiro atoms. The molecule has 1 saturated heterocycles. The highest BCUT2D eigenvalue weighted by Gasteiger charge is 2.18. The van der Waals surface area contributed by atoms with E-state index in [1.807, 2.05) is 13.2 Å². The fourth-order valence-corrected chi connectivity index (χ4v) is 4.24. The van der Waals surface area contributed by atoms with Crippen molar-refractivity contribution in [1.29, 1.82) is 0 Å². The molecule has 0 amide bonds. The maximum absolute atomic E-state index is 5.63. The molecular formula is C22H37N5O. The Balaban J connectivity index is 1.37. The van der Waals surface area contributed by atoms with Crippen LogP contribution in [0.25, 0.3) is 0 Å². The zero-order valence-corrected chi connectivity index (χ0v) is 17.6. The van der Waals surface area contributed by atoms with Gasteiger partial charge in [-0.1, -0.05) is 38.5 Å². The van der Waals surface area contributed by atoms with Crippen molar-refractivity contribution in [2.75, 3.05) is 38.2 Å². The smallest absolute Gasteiger partial charge is 0.191 e. The molecule has 6 nitrogen and oxygen atoms in total. The van der Waals surface area contributed by atoms with Crippen LogP contribution in [0.2, 0.25) is 0 Å². The molecule has 1 aliphatic carbocycles. The molecule has 1 saturated carbocycles. The number of rotatable bonds is 8. The molecule has 1 aromatic rings. The molecule has 6 heteroatoms. The quantitative estimate of drug-likeness (QED) is 0.407. The fraction of sp³-hybridized carbons (Fsp3) is 0.727. The van der Waals surface area contributed by atoms with E-state index in [4.69, 9.17) is 4.74 Å². The molecule has 1 aromatic heterocycles. The Bertz CT molecular complexity index is 615. The van der Waals surface area contributed by atoms with Crippen molar-refractivity contribution in [2.45, 2.75) is 64.5 Å². The molecule has 0 bridgehead atoms. The Morgan fingerprint density at radius 2 is 2.14 bits per heavy atom. The van der Waals surface area contributed by atoms with Gasteiger partial charge in [-0.05, 0) is 37.0 Å². The minimum Gasteiger partial charge on any atom is -0.375 e. The Kier molecular flexibility index (Phi) is 8.40. The van der Waals surface area contributed by atoms with E-state index >= 15 is 0 Å². The van der Waals surface area contributed by atoms with E-state index < -0.39 is 0 Å². The van der Waals surface area contributed by atoms with E-state index in [-0.39, 0.29) is 6.10 Å². The van der Waals surface area contributed by atoms with Crippen LogP contribution in [0, 0.1) is 5.92 Å². The molecule has 28 heavy (non-hydrogen) atoms. The van der Waals surface area contributed by atoms with Gasteiger partial charge in [0, 0.05) is 39.4 Å². The third-order valence-corrected chi connectivity index (χ3v) is 5.86. The Hall–Kier alpha value is -1.82. The number of nitrogens with zero attached hydrogens (tertiary/aromatic N) is 3. The second-order valence-corrected chi connectivity index (χ2v) is 8.15. The fourth-order valence-electron chi connectivity index (χ4n) is 4.24. The number of hydrogen-bond acceptors (Lipinski definition) is 4. The predicted octanol–water partition coefficient (Wildman–Crippen LogP) is 3.33. The first-order valence-corrected chi connectivity index (χ1v) is 11.0. The summed E-state index contributed by atoms with van der Waals surface area (Å²) in [6.45, 7) is 6.41. The number of hydrogen-bond donors (Lipinski definition) is 2. The third kappa shape index (κ3) is 6.66. The molecule has 2 heterocycles. The summed E-state index contributed by atoms with van der Waals surface area (Å²) in [6.07, 6.45) is 11.9. The highest BCUT2D eigenvalue weighted by atomic mass is 16.5. The van der Waals surface area contributed by atoms with E-state index in [0.717, 1.165) is 50.5 Å². The summed E-state index contributed by atoms with van der Waals surface area (Å²) in [5.74, 6) is 2.90. The monoisotopic (exact) mass is 387 g/mol. The van der Waals surface area contributed by atoms with E-state index in [1.165, 1.54) is 50.5 Å². The first kappa shape index (κ1) is 20.9. The molecule has 2 aliphatic rings. The number of nitrogens with one attached hydrogen (secondary N) is 2. The van der Waals surface area contributed by atoms with Crippen LogP contribution in [0.3, 0.4) is 0 Å². The third-order valence-electron chi connectivity index (χ3n) is 5.86. The van der Waals surface area contributed by atoms with E-state index in [2.05, 4.69) is 44.6 Å². The average molecular weight is 388 g/mol. The van der Waals surface area contributed by atoms with Crippen molar-refractivity contribution in [3.8, 4) is 0 Å². The number of aliphatic imine (C=N–C) groups is 1. The van der Waals surface area contributed by atoms with Crippen LogP contribution < -0.4 is 15.5 Å². The standard InChI is InChI=1S/C22H37N5O/c1-18-17-27(13-14-28-18)21-15-20(10-12-24-21)16-26-22(23-2)25-11-6-5-9-19-7-3-4-8-19/h10,12,15,18-19H,3-9,11,13-14,16-17H2,1-2H3,(H2,23,25,26). The van der Waals surface area contributed by atoms with Gasteiger partial charge < -0.3 is 20.3 Å². The largest absolute Gasteiger partial charge is 0.375 e. The first-order chi connectivity index (χ1) is 13.7. The molecule has 2 N–H and O–H groups in total. The van der Waals surface area contributed by atoms with Crippen molar-refractivity contribution in [3.63, 3.8) is 0 Å². The van der Waals surface area contributed by atoms with Crippen LogP contribution in [0.5, 0.6) is 0 Å². The normalized spacial score (nSPS) is 21.1. The summed E-state index contributed by atoms with van der Waals surface area (Å²) in [6, 6.07) is 4.23. The number of pyridine rings is 1. The van der Waals surface area contributed by atoms with Gasteiger partial charge in [0.05, 0.1) is 12.7 Å². The predicted molar refractivity (Wildman–Crippen MR) is 116 cm³/mol. The highest BCUT2D eigenvalue weighted by Crippen LogP contribution is 2.28. The number of aromatic nitrogens is 1. The maximum atomic E-state index is 5.63. The van der Waals surface area contributed by atoms with E-state index in [0.29, 0.717) is 0 Å². The number of unbranched alkanes of at least 4 members (excludes halogenated alkanes) is 1. The van der Waals surface area contributed by atoms with Crippen molar-refractivity contribution >= 4 is 11.8 Å². The van der Waals surface area contributed by atoms with Crippen LogP contribution in [0.1, 0.15) is 57.4 Å². The van der Waals surface area contributed by atoms with E-state index in [1.54, 1.807) is 0 Å². The average Bonchev–Trinajstić information content (AvgIpc) is 3.24. The molecule has 1 aliphatic heterocycles. The van der Waals surface area contributed by atoms with Crippen molar-refractivity contribution < 1.29 is 4.74 Å². The van der Waals surface area contributed by atoms with Gasteiger partial charge in [0.2, 0.25) is 0 Å². The molecule has 0 aromatic carbocycles. The van der Waals surface area contributed by atoms with Gasteiger partial charge in [-0.15, -0.1) is 0 Å². The lowest BCUT2D eigenvalue weighted by Gasteiger charge is -2.32. The summed E-state index contributed by atoms with van der Waals surface area (Å²) >= 11 is 0. The number of anilines is 1. The van der Waals surface area contributed by atoms with Crippen molar-refractivity contribution in [2.24, 2.45) is 10.9 Å². The van der Waals surface area contributed by atoms with Crippen LogP contribution in [0.4, 0.5) is 5.82 Å². The molecule has 3 rings (SSSR count). The summed E-state index contributed by atoms with van der Waals surface area (Å²) in [4.78, 5) is 11.2. The molecule has 0 radical (unpaired) electrons. The number of guanidine groups is 1. The number of morpholine rings is 1. The Labute approximate surface area is 170 Å². The molecular weight excluding hydrogens is 350 g/mol. The molecule has 1 atom stereocenters. The van der Waals surface area contributed by atoms with Gasteiger partial charge in [-0.3, -0.25) is 4.99 Å². The van der Waals surface area contributed by atoms with Crippen molar-refractivity contribution in [1.82, 2.24) is 15.6 Å². The van der Waals surface area contributed by atoms with Gasteiger partial charge in [0.1, 0.15) is 5.82 Å². The van der Waals surface area contributed by atoms with E-state index in [9.17, 15) is 0 Å². The minimum atomic E-state index is 0.258. The zero-order valence-electron chi connectivity index (χ0n) is 17.6. The minimum absolute atomic E-state index is 0.258. The van der Waals surface area contributed by atoms with Gasteiger partial charge in [-0.2, -0.15) is 0 Å². The summed E-state index contributed by atoms with van der Waals surface area (Å²) < 4.78 is 5.63. The van der Waals surface area contributed by atoms with Gasteiger partial charge >= 0.3 is 0 Å². The highest BCUT2D eigenvalue weighted by molar-refractivity contribution is 5.79.